The lowest BCUT2D eigenvalue weighted by Gasteiger charge is -1.98. The molecule has 1 rings (SSSR count). The van der Waals surface area contributed by atoms with Gasteiger partial charge in [0.25, 0.3) is 0 Å². The van der Waals surface area contributed by atoms with Crippen molar-refractivity contribution in [3.8, 4) is 0 Å². The van der Waals surface area contributed by atoms with E-state index in [4.69, 9.17) is 0 Å². The molecule has 0 aliphatic rings. The number of methoxy groups -OCH3 is 1. The molecule has 0 aliphatic heterocycles. The van der Waals surface area contributed by atoms with Crippen LogP contribution in [-0.4, -0.2) is 13.1 Å². The summed E-state index contributed by atoms with van der Waals surface area (Å²) in [5.41, 5.74) is 0.583. The Hall–Kier alpha value is -0.880. The highest BCUT2D eigenvalue weighted by Gasteiger charge is 2.02. The van der Waals surface area contributed by atoms with Crippen molar-refractivity contribution >= 4 is 20.5 Å². The first kappa shape index (κ1) is 8.22. The molecule has 0 N–H and O–H groups in total. The second kappa shape index (κ2) is 3.49. The van der Waals surface area contributed by atoms with Crippen LogP contribution in [0.25, 0.3) is 0 Å². The Morgan fingerprint density at radius 2 is 2.27 bits per heavy atom. The van der Waals surface area contributed by atoms with Crippen LogP contribution in [0.1, 0.15) is 10.4 Å². The largest absolute Gasteiger partial charge is 0.465 e. The van der Waals surface area contributed by atoms with E-state index in [0.29, 0.717) is 5.56 Å². The van der Waals surface area contributed by atoms with Gasteiger partial charge in [-0.05, 0) is 17.4 Å². The Bertz CT molecular complexity index is 271. The minimum absolute atomic E-state index is 0.297. The number of hydrogen-bond donors (Lipinski definition) is 0. The molecule has 0 saturated carbocycles. The van der Waals surface area contributed by atoms with Crippen LogP contribution in [0.2, 0.25) is 0 Å². The van der Waals surface area contributed by atoms with E-state index in [1.54, 1.807) is 12.1 Å². The predicted octanol–water partition coefficient (Wildman–Crippen LogP) is 0.974. The molecule has 0 aliphatic carbocycles. The lowest BCUT2D eigenvalue weighted by atomic mass is 10.2. The van der Waals surface area contributed by atoms with Crippen molar-refractivity contribution < 1.29 is 9.53 Å². The van der Waals surface area contributed by atoms with Gasteiger partial charge in [0.15, 0.2) is 0 Å². The van der Waals surface area contributed by atoms with Crippen molar-refractivity contribution in [1.82, 2.24) is 0 Å². The second-order valence-corrected chi connectivity index (χ2v) is 2.78. The van der Waals surface area contributed by atoms with Gasteiger partial charge in [0.2, 0.25) is 0 Å². The number of esters is 1. The van der Waals surface area contributed by atoms with Gasteiger partial charge in [0.05, 0.1) is 12.7 Å². The number of benzene rings is 1. The molecule has 1 aromatic rings. The number of carbonyl (C=O) groups excluding carboxylic acids is 1. The Kier molecular flexibility index (Phi) is 2.61. The fourth-order valence-electron chi connectivity index (χ4n) is 0.783. The van der Waals surface area contributed by atoms with E-state index in [0.717, 1.165) is 5.30 Å². The molecule has 0 heterocycles. The van der Waals surface area contributed by atoms with Crippen LogP contribution in [0.15, 0.2) is 24.3 Å². The van der Waals surface area contributed by atoms with Crippen molar-refractivity contribution in [2.45, 2.75) is 0 Å². The average molecular weight is 168 g/mol. The molecule has 1 atom stereocenters. The number of ether oxygens (including phenoxy) is 1. The van der Waals surface area contributed by atoms with Crippen LogP contribution in [0.5, 0.6) is 0 Å². The van der Waals surface area contributed by atoms with E-state index < -0.39 is 0 Å². The van der Waals surface area contributed by atoms with Crippen LogP contribution >= 0.6 is 9.24 Å². The standard InChI is InChI=1S/C8H9O2P/c1-10-8(9)6-3-2-4-7(11)5-6/h2-5H,11H2,1H3. The normalized spacial score (nSPS) is 9.27. The van der Waals surface area contributed by atoms with Gasteiger partial charge in [-0.1, -0.05) is 12.1 Å². The number of rotatable bonds is 1. The number of hydrogen-bond acceptors (Lipinski definition) is 2. The zero-order valence-electron chi connectivity index (χ0n) is 6.20. The van der Waals surface area contributed by atoms with Gasteiger partial charge in [-0.2, -0.15) is 0 Å². The van der Waals surface area contributed by atoms with Crippen LogP contribution in [0.4, 0.5) is 0 Å². The van der Waals surface area contributed by atoms with Gasteiger partial charge in [-0.15, -0.1) is 9.24 Å². The molecule has 0 aromatic heterocycles. The van der Waals surface area contributed by atoms with Gasteiger partial charge in [-0.25, -0.2) is 4.79 Å². The topological polar surface area (TPSA) is 26.3 Å². The Morgan fingerprint density at radius 1 is 1.55 bits per heavy atom. The van der Waals surface area contributed by atoms with Gasteiger partial charge in [0, 0.05) is 0 Å². The third-order valence-corrected chi connectivity index (χ3v) is 1.67. The number of carbonyl (C=O) groups is 1. The van der Waals surface area contributed by atoms with Crippen LogP contribution in [0.3, 0.4) is 0 Å². The van der Waals surface area contributed by atoms with Crippen molar-refractivity contribution in [2.24, 2.45) is 0 Å². The summed E-state index contributed by atoms with van der Waals surface area (Å²) in [6, 6.07) is 7.20. The Morgan fingerprint density at radius 3 is 2.82 bits per heavy atom. The Labute approximate surface area is 67.8 Å². The summed E-state index contributed by atoms with van der Waals surface area (Å²) in [4.78, 5) is 10.9. The summed E-state index contributed by atoms with van der Waals surface area (Å²) < 4.78 is 4.54. The van der Waals surface area contributed by atoms with E-state index in [1.807, 2.05) is 12.1 Å². The minimum atomic E-state index is -0.297. The van der Waals surface area contributed by atoms with Gasteiger partial charge in [-0.3, -0.25) is 0 Å². The molecule has 0 fully saturated rings. The minimum Gasteiger partial charge on any atom is -0.465 e. The predicted molar refractivity (Wildman–Crippen MR) is 47.1 cm³/mol. The van der Waals surface area contributed by atoms with E-state index in [9.17, 15) is 4.79 Å². The molecular formula is C8H9O2P. The molecule has 58 valence electrons. The summed E-state index contributed by atoms with van der Waals surface area (Å²) in [6.45, 7) is 0. The Balaban J connectivity index is 2.96. The van der Waals surface area contributed by atoms with Crippen molar-refractivity contribution in [2.75, 3.05) is 7.11 Å². The zero-order valence-corrected chi connectivity index (χ0v) is 7.36. The summed E-state index contributed by atoms with van der Waals surface area (Å²) in [5.74, 6) is -0.297. The fraction of sp³-hybridized carbons (Fsp3) is 0.125. The summed E-state index contributed by atoms with van der Waals surface area (Å²) >= 11 is 0. The molecule has 0 spiro atoms. The highest BCUT2D eigenvalue weighted by Crippen LogP contribution is 2.00. The third-order valence-electron chi connectivity index (χ3n) is 1.31. The molecule has 0 radical (unpaired) electrons. The monoisotopic (exact) mass is 168 g/mol. The highest BCUT2D eigenvalue weighted by molar-refractivity contribution is 7.27. The second-order valence-electron chi connectivity index (χ2n) is 2.12. The third kappa shape index (κ3) is 2.02. The van der Waals surface area contributed by atoms with E-state index in [2.05, 4.69) is 14.0 Å². The van der Waals surface area contributed by atoms with E-state index >= 15 is 0 Å². The summed E-state index contributed by atoms with van der Waals surface area (Å²) in [6.07, 6.45) is 0. The molecule has 11 heavy (non-hydrogen) atoms. The van der Waals surface area contributed by atoms with Crippen molar-refractivity contribution in [3.63, 3.8) is 0 Å². The summed E-state index contributed by atoms with van der Waals surface area (Å²) in [7, 11) is 3.89. The van der Waals surface area contributed by atoms with Crippen molar-refractivity contribution in [1.29, 1.82) is 0 Å². The molecule has 1 unspecified atom stereocenters. The lowest BCUT2D eigenvalue weighted by Crippen LogP contribution is -2.03. The lowest BCUT2D eigenvalue weighted by molar-refractivity contribution is 0.0601. The first-order valence-corrected chi connectivity index (χ1v) is 3.75. The SMILES string of the molecule is COC(=O)c1cccc(P)c1. The molecule has 3 heteroatoms. The van der Waals surface area contributed by atoms with Gasteiger partial charge < -0.3 is 4.74 Å². The molecule has 0 saturated heterocycles. The van der Waals surface area contributed by atoms with E-state index in [1.165, 1.54) is 7.11 Å². The van der Waals surface area contributed by atoms with E-state index in [-0.39, 0.29) is 5.97 Å². The molecule has 1 aromatic carbocycles. The van der Waals surface area contributed by atoms with Gasteiger partial charge in [0.1, 0.15) is 0 Å². The van der Waals surface area contributed by atoms with Crippen molar-refractivity contribution in [3.05, 3.63) is 29.8 Å². The first-order valence-electron chi connectivity index (χ1n) is 3.18. The first-order chi connectivity index (χ1) is 5.24. The van der Waals surface area contributed by atoms with Crippen LogP contribution < -0.4 is 5.30 Å². The smallest absolute Gasteiger partial charge is 0.337 e. The maximum atomic E-state index is 10.9. The quantitative estimate of drug-likeness (QED) is 0.461. The molecular weight excluding hydrogens is 159 g/mol. The van der Waals surface area contributed by atoms with Crippen LogP contribution in [0, 0.1) is 0 Å². The average Bonchev–Trinajstić information content (AvgIpc) is 2.03. The summed E-state index contributed by atoms with van der Waals surface area (Å²) in [5, 5.41) is 0.980. The maximum absolute atomic E-state index is 10.9. The maximum Gasteiger partial charge on any atom is 0.337 e. The molecule has 0 bridgehead atoms. The molecule has 0 amide bonds. The van der Waals surface area contributed by atoms with Crippen LogP contribution in [-0.2, 0) is 4.74 Å². The highest BCUT2D eigenvalue weighted by atomic mass is 31.0. The fourth-order valence-corrected chi connectivity index (χ4v) is 1.07. The zero-order chi connectivity index (χ0) is 8.27. The molecule has 2 nitrogen and oxygen atoms in total. The van der Waals surface area contributed by atoms with Gasteiger partial charge >= 0.3 is 5.97 Å².